The van der Waals surface area contributed by atoms with Crippen LogP contribution in [0.25, 0.3) is 0 Å². The molecule has 0 bridgehead atoms. The molecular formula is C14H23NO. The topological polar surface area (TPSA) is 23.5 Å². The van der Waals surface area contributed by atoms with Gasteiger partial charge in [0.2, 0.25) is 0 Å². The molecule has 2 nitrogen and oxygen atoms in total. The van der Waals surface area contributed by atoms with Crippen LogP contribution >= 0.6 is 0 Å². The minimum Gasteiger partial charge on any atom is -0.396 e. The molecule has 0 amide bonds. The van der Waals surface area contributed by atoms with Crippen molar-refractivity contribution in [2.45, 2.75) is 32.6 Å². The molecule has 0 radical (unpaired) electrons. The molecule has 0 saturated heterocycles. The smallest absolute Gasteiger partial charge is 0.0434 e. The van der Waals surface area contributed by atoms with Crippen molar-refractivity contribution in [3.63, 3.8) is 0 Å². The fourth-order valence-electron chi connectivity index (χ4n) is 1.87. The number of aryl methyl sites for hydroxylation is 1. The van der Waals surface area contributed by atoms with Crippen LogP contribution in [0.15, 0.2) is 18.2 Å². The molecule has 16 heavy (non-hydrogen) atoms. The number of hydrogen-bond acceptors (Lipinski definition) is 2. The fourth-order valence-corrected chi connectivity index (χ4v) is 1.87. The third-order valence-electron chi connectivity index (χ3n) is 2.86. The van der Waals surface area contributed by atoms with Crippen LogP contribution < -0.4 is 4.90 Å². The molecule has 0 aliphatic heterocycles. The Balaban J connectivity index is 3.01. The summed E-state index contributed by atoms with van der Waals surface area (Å²) in [5.74, 6) is 0.559. The quantitative estimate of drug-likeness (QED) is 0.826. The van der Waals surface area contributed by atoms with Gasteiger partial charge in [-0.15, -0.1) is 0 Å². The number of aliphatic hydroxyl groups is 1. The molecule has 2 heteroatoms. The molecule has 90 valence electrons. The Morgan fingerprint density at radius 3 is 2.44 bits per heavy atom. The molecule has 1 aromatic carbocycles. The standard InChI is InChI=1S/C14H23NO/c1-11(2)12-7-8-14(15(3)4)13(10-12)6-5-9-16/h7-8,10-11,16H,5-6,9H2,1-4H3. The number of nitrogens with zero attached hydrogens (tertiary/aromatic N) is 1. The van der Waals surface area contributed by atoms with E-state index in [-0.39, 0.29) is 6.61 Å². The molecule has 0 fully saturated rings. The van der Waals surface area contributed by atoms with Crippen LogP contribution in [-0.2, 0) is 6.42 Å². The first-order chi connectivity index (χ1) is 7.56. The van der Waals surface area contributed by atoms with Gasteiger partial charge in [0.15, 0.2) is 0 Å². The van der Waals surface area contributed by atoms with E-state index in [1.54, 1.807) is 0 Å². The van der Waals surface area contributed by atoms with E-state index in [0.29, 0.717) is 5.92 Å². The lowest BCUT2D eigenvalue weighted by Crippen LogP contribution is -2.12. The van der Waals surface area contributed by atoms with Gasteiger partial charge in [0.1, 0.15) is 0 Å². The van der Waals surface area contributed by atoms with Crippen LogP contribution in [0.1, 0.15) is 37.3 Å². The average Bonchev–Trinajstić information content (AvgIpc) is 2.25. The third-order valence-corrected chi connectivity index (χ3v) is 2.86. The maximum Gasteiger partial charge on any atom is 0.0434 e. The van der Waals surface area contributed by atoms with Gasteiger partial charge in [-0.3, -0.25) is 0 Å². The molecule has 0 heterocycles. The van der Waals surface area contributed by atoms with E-state index in [1.165, 1.54) is 16.8 Å². The molecule has 0 aliphatic rings. The predicted octanol–water partition coefficient (Wildman–Crippen LogP) is 2.80. The van der Waals surface area contributed by atoms with Crippen molar-refractivity contribution < 1.29 is 5.11 Å². The summed E-state index contributed by atoms with van der Waals surface area (Å²) in [6.07, 6.45) is 1.78. The molecule has 1 aromatic rings. The lowest BCUT2D eigenvalue weighted by atomic mass is 9.97. The average molecular weight is 221 g/mol. The van der Waals surface area contributed by atoms with E-state index >= 15 is 0 Å². The minimum absolute atomic E-state index is 0.263. The Hall–Kier alpha value is -1.02. The lowest BCUT2D eigenvalue weighted by Gasteiger charge is -2.19. The number of aliphatic hydroxyl groups excluding tert-OH is 1. The van der Waals surface area contributed by atoms with Gasteiger partial charge >= 0.3 is 0 Å². The normalized spacial score (nSPS) is 10.9. The van der Waals surface area contributed by atoms with E-state index in [4.69, 9.17) is 5.11 Å². The number of rotatable bonds is 5. The second kappa shape index (κ2) is 5.90. The maximum absolute atomic E-state index is 8.92. The van der Waals surface area contributed by atoms with Crippen LogP contribution in [-0.4, -0.2) is 25.8 Å². The zero-order valence-electron chi connectivity index (χ0n) is 10.8. The Labute approximate surface area is 98.9 Å². The largest absolute Gasteiger partial charge is 0.396 e. The van der Waals surface area contributed by atoms with Crippen LogP contribution in [0.3, 0.4) is 0 Å². The van der Waals surface area contributed by atoms with E-state index < -0.39 is 0 Å². The van der Waals surface area contributed by atoms with Crippen LogP contribution in [0, 0.1) is 0 Å². The third kappa shape index (κ3) is 3.24. The van der Waals surface area contributed by atoms with Gasteiger partial charge in [-0.25, -0.2) is 0 Å². The number of anilines is 1. The summed E-state index contributed by atoms with van der Waals surface area (Å²) in [6.45, 7) is 4.68. The first-order valence-electron chi connectivity index (χ1n) is 5.97. The highest BCUT2D eigenvalue weighted by Crippen LogP contribution is 2.25. The summed E-state index contributed by atoms with van der Waals surface area (Å²) in [4.78, 5) is 2.14. The summed E-state index contributed by atoms with van der Waals surface area (Å²) < 4.78 is 0. The van der Waals surface area contributed by atoms with Crippen molar-refractivity contribution in [3.05, 3.63) is 29.3 Å². The van der Waals surface area contributed by atoms with E-state index in [2.05, 4.69) is 51.0 Å². The molecule has 0 spiro atoms. The van der Waals surface area contributed by atoms with Crippen molar-refractivity contribution in [3.8, 4) is 0 Å². The Kier molecular flexibility index (Phi) is 4.81. The summed E-state index contributed by atoms with van der Waals surface area (Å²) in [5.41, 5.74) is 3.97. The van der Waals surface area contributed by atoms with Crippen molar-refractivity contribution >= 4 is 5.69 Å². The Bertz CT molecular complexity index is 332. The van der Waals surface area contributed by atoms with Gasteiger partial charge < -0.3 is 10.0 Å². The molecule has 0 aromatic heterocycles. The molecular weight excluding hydrogens is 198 g/mol. The maximum atomic E-state index is 8.92. The zero-order chi connectivity index (χ0) is 12.1. The first-order valence-corrected chi connectivity index (χ1v) is 5.97. The summed E-state index contributed by atoms with van der Waals surface area (Å²) in [7, 11) is 4.12. The van der Waals surface area contributed by atoms with E-state index in [0.717, 1.165) is 12.8 Å². The van der Waals surface area contributed by atoms with Crippen molar-refractivity contribution in [1.29, 1.82) is 0 Å². The molecule has 0 saturated carbocycles. The molecule has 0 unspecified atom stereocenters. The summed E-state index contributed by atoms with van der Waals surface area (Å²) in [5, 5.41) is 8.92. The van der Waals surface area contributed by atoms with Gasteiger partial charge in [0, 0.05) is 26.4 Å². The number of hydrogen-bond donors (Lipinski definition) is 1. The van der Waals surface area contributed by atoms with Crippen LogP contribution in [0.2, 0.25) is 0 Å². The van der Waals surface area contributed by atoms with Gasteiger partial charge in [0.05, 0.1) is 0 Å². The number of benzene rings is 1. The van der Waals surface area contributed by atoms with Crippen LogP contribution in [0.4, 0.5) is 5.69 Å². The van der Waals surface area contributed by atoms with Crippen molar-refractivity contribution in [2.75, 3.05) is 25.6 Å². The van der Waals surface area contributed by atoms with Crippen molar-refractivity contribution in [2.24, 2.45) is 0 Å². The minimum atomic E-state index is 0.263. The van der Waals surface area contributed by atoms with Gasteiger partial charge in [0.25, 0.3) is 0 Å². The Morgan fingerprint density at radius 1 is 1.25 bits per heavy atom. The van der Waals surface area contributed by atoms with E-state index in [1.807, 2.05) is 0 Å². The zero-order valence-corrected chi connectivity index (χ0v) is 10.8. The first kappa shape index (κ1) is 13.0. The lowest BCUT2D eigenvalue weighted by molar-refractivity contribution is 0.288. The monoisotopic (exact) mass is 221 g/mol. The highest BCUT2D eigenvalue weighted by Gasteiger charge is 2.07. The van der Waals surface area contributed by atoms with Gasteiger partial charge in [-0.1, -0.05) is 26.0 Å². The van der Waals surface area contributed by atoms with Gasteiger partial charge in [-0.05, 0) is 36.0 Å². The van der Waals surface area contributed by atoms with Crippen LogP contribution in [0.5, 0.6) is 0 Å². The second-order valence-electron chi connectivity index (χ2n) is 4.76. The summed E-state index contributed by atoms with van der Waals surface area (Å²) in [6, 6.07) is 6.65. The highest BCUT2D eigenvalue weighted by molar-refractivity contribution is 5.54. The fraction of sp³-hybridized carbons (Fsp3) is 0.571. The predicted molar refractivity (Wildman–Crippen MR) is 70.3 cm³/mol. The van der Waals surface area contributed by atoms with E-state index in [9.17, 15) is 0 Å². The van der Waals surface area contributed by atoms with Crippen molar-refractivity contribution in [1.82, 2.24) is 0 Å². The SMILES string of the molecule is CC(C)c1ccc(N(C)C)c(CCCO)c1. The molecule has 0 aliphatic carbocycles. The highest BCUT2D eigenvalue weighted by atomic mass is 16.2. The molecule has 1 N–H and O–H groups in total. The molecule has 1 rings (SSSR count). The summed E-state index contributed by atoms with van der Waals surface area (Å²) >= 11 is 0. The second-order valence-corrected chi connectivity index (χ2v) is 4.76. The van der Waals surface area contributed by atoms with Gasteiger partial charge in [-0.2, -0.15) is 0 Å². The Morgan fingerprint density at radius 2 is 1.94 bits per heavy atom. The molecule has 0 atom stereocenters.